The molecular weight excluding hydrogens is 427 g/mol. The van der Waals surface area contributed by atoms with Crippen LogP contribution in [0.4, 0.5) is 13.2 Å². The first kappa shape index (κ1) is 21.4. The predicted molar refractivity (Wildman–Crippen MR) is 106 cm³/mol. The number of carbonyl (C=O) groups excluding carboxylic acids is 1. The normalized spacial score (nSPS) is 11.7. The molecule has 0 bridgehead atoms. The maximum atomic E-state index is 12.8. The van der Waals surface area contributed by atoms with Gasteiger partial charge in [-0.25, -0.2) is 4.98 Å². The van der Waals surface area contributed by atoms with E-state index in [1.807, 2.05) is 6.92 Å². The van der Waals surface area contributed by atoms with Crippen LogP contribution in [0, 0.1) is 20.8 Å². The zero-order valence-electron chi connectivity index (χ0n) is 16.0. The van der Waals surface area contributed by atoms with Gasteiger partial charge in [-0.15, -0.1) is 11.3 Å². The van der Waals surface area contributed by atoms with E-state index >= 15 is 0 Å². The molecule has 0 radical (unpaired) electrons. The Morgan fingerprint density at radius 3 is 2.52 bits per heavy atom. The molecule has 3 rings (SSSR count). The Labute approximate surface area is 174 Å². The monoisotopic (exact) mass is 443 g/mol. The molecule has 2 aromatic heterocycles. The van der Waals surface area contributed by atoms with E-state index in [4.69, 9.17) is 21.1 Å². The number of alkyl halides is 3. The van der Waals surface area contributed by atoms with Crippen LogP contribution in [0.3, 0.4) is 0 Å². The molecule has 4 nitrogen and oxygen atoms in total. The summed E-state index contributed by atoms with van der Waals surface area (Å²) in [5.41, 5.74) is 0.486. The van der Waals surface area contributed by atoms with Gasteiger partial charge in [0, 0.05) is 33.3 Å². The van der Waals surface area contributed by atoms with E-state index in [9.17, 15) is 18.0 Å². The van der Waals surface area contributed by atoms with Gasteiger partial charge in [-0.2, -0.15) is 13.2 Å². The molecule has 0 spiro atoms. The Kier molecular flexibility index (Phi) is 5.78. The summed E-state index contributed by atoms with van der Waals surface area (Å²) in [6.07, 6.45) is -4.49. The predicted octanol–water partition coefficient (Wildman–Crippen LogP) is 6.40. The number of carbonyl (C=O) groups is 1. The van der Waals surface area contributed by atoms with E-state index in [0.717, 1.165) is 15.6 Å². The number of hydrogen-bond acceptors (Lipinski definition) is 5. The van der Waals surface area contributed by atoms with Crippen LogP contribution in [-0.2, 0) is 17.6 Å². The first-order valence-corrected chi connectivity index (χ1v) is 9.75. The third-order valence-electron chi connectivity index (χ3n) is 4.35. The molecule has 9 heteroatoms. The van der Waals surface area contributed by atoms with Crippen LogP contribution in [0.2, 0.25) is 5.02 Å². The SMILES string of the molecule is CC(=O)Oc1c(C)sc2cc(OCc3ccc(C(F)(F)F)nc3C)c(C)c(Cl)c12. The van der Waals surface area contributed by atoms with Crippen LogP contribution in [0.15, 0.2) is 18.2 Å². The van der Waals surface area contributed by atoms with E-state index in [0.29, 0.717) is 33.0 Å². The molecule has 29 heavy (non-hydrogen) atoms. The Morgan fingerprint density at radius 1 is 1.24 bits per heavy atom. The van der Waals surface area contributed by atoms with E-state index in [1.165, 1.54) is 31.3 Å². The lowest BCUT2D eigenvalue weighted by molar-refractivity contribution is -0.141. The van der Waals surface area contributed by atoms with Crippen molar-refractivity contribution in [2.45, 2.75) is 40.5 Å². The Hall–Kier alpha value is -2.32. The average Bonchev–Trinajstić information content (AvgIpc) is 2.91. The number of esters is 1. The van der Waals surface area contributed by atoms with E-state index in [1.54, 1.807) is 13.0 Å². The van der Waals surface area contributed by atoms with E-state index < -0.39 is 17.8 Å². The highest BCUT2D eigenvalue weighted by molar-refractivity contribution is 7.19. The second-order valence-electron chi connectivity index (χ2n) is 6.50. The number of ether oxygens (including phenoxy) is 2. The van der Waals surface area contributed by atoms with Crippen LogP contribution in [0.5, 0.6) is 11.5 Å². The maximum Gasteiger partial charge on any atom is 0.433 e. The van der Waals surface area contributed by atoms with Crippen molar-refractivity contribution in [3.05, 3.63) is 50.6 Å². The Bertz CT molecular complexity index is 1110. The van der Waals surface area contributed by atoms with Crippen LogP contribution < -0.4 is 9.47 Å². The third-order valence-corrected chi connectivity index (χ3v) is 5.86. The molecule has 0 unspecified atom stereocenters. The lowest BCUT2D eigenvalue weighted by atomic mass is 10.1. The molecule has 0 aliphatic rings. The molecule has 0 atom stereocenters. The number of aryl methyl sites for hydroxylation is 2. The van der Waals surface area contributed by atoms with Gasteiger partial charge in [-0.1, -0.05) is 17.7 Å². The molecule has 0 fully saturated rings. The molecule has 1 aromatic carbocycles. The van der Waals surface area contributed by atoms with Crippen LogP contribution in [0.1, 0.15) is 34.3 Å². The molecule has 0 amide bonds. The number of benzene rings is 1. The van der Waals surface area contributed by atoms with Gasteiger partial charge in [-0.05, 0) is 32.9 Å². The lowest BCUT2D eigenvalue weighted by Gasteiger charge is -2.14. The number of rotatable bonds is 4. The molecular formula is C20H17ClF3NO3S. The van der Waals surface area contributed by atoms with Crippen LogP contribution in [0.25, 0.3) is 10.1 Å². The molecule has 0 saturated heterocycles. The number of halogens is 4. The smallest absolute Gasteiger partial charge is 0.433 e. The first-order chi connectivity index (χ1) is 13.5. The van der Waals surface area contributed by atoms with Gasteiger partial charge >= 0.3 is 12.1 Å². The van der Waals surface area contributed by atoms with Crippen molar-refractivity contribution in [3.63, 3.8) is 0 Å². The van der Waals surface area contributed by atoms with E-state index in [2.05, 4.69) is 4.98 Å². The average molecular weight is 444 g/mol. The fraction of sp³-hybridized carbons (Fsp3) is 0.300. The second-order valence-corrected chi connectivity index (χ2v) is 8.13. The summed E-state index contributed by atoms with van der Waals surface area (Å²) in [5.74, 6) is 0.490. The quantitative estimate of drug-likeness (QED) is 0.438. The zero-order chi connectivity index (χ0) is 21.5. The number of pyridine rings is 1. The third kappa shape index (κ3) is 4.33. The number of hydrogen-bond donors (Lipinski definition) is 0. The molecule has 154 valence electrons. The second kappa shape index (κ2) is 7.84. The fourth-order valence-corrected chi connectivity index (χ4v) is 4.22. The zero-order valence-corrected chi connectivity index (χ0v) is 17.6. The van der Waals surface area contributed by atoms with Gasteiger partial charge in [0.25, 0.3) is 0 Å². The van der Waals surface area contributed by atoms with E-state index in [-0.39, 0.29) is 12.3 Å². The molecule has 0 N–H and O–H groups in total. The largest absolute Gasteiger partial charge is 0.488 e. The molecule has 0 aliphatic carbocycles. The van der Waals surface area contributed by atoms with Gasteiger partial charge in [0.1, 0.15) is 18.1 Å². The maximum absolute atomic E-state index is 12.8. The number of aromatic nitrogens is 1. The summed E-state index contributed by atoms with van der Waals surface area (Å²) < 4.78 is 50.2. The van der Waals surface area contributed by atoms with Crippen LogP contribution >= 0.6 is 22.9 Å². The van der Waals surface area contributed by atoms with Gasteiger partial charge in [0.05, 0.1) is 10.4 Å². The Morgan fingerprint density at radius 2 is 1.93 bits per heavy atom. The minimum absolute atomic E-state index is 0.0425. The van der Waals surface area contributed by atoms with Gasteiger partial charge in [-0.3, -0.25) is 4.79 Å². The highest BCUT2D eigenvalue weighted by Gasteiger charge is 2.32. The Balaban J connectivity index is 1.92. The summed E-state index contributed by atoms with van der Waals surface area (Å²) in [6, 6.07) is 4.07. The van der Waals surface area contributed by atoms with Crippen molar-refractivity contribution in [2.75, 3.05) is 0 Å². The van der Waals surface area contributed by atoms with Crippen molar-refractivity contribution < 1.29 is 27.4 Å². The first-order valence-electron chi connectivity index (χ1n) is 8.56. The van der Waals surface area contributed by atoms with Crippen molar-refractivity contribution in [2.24, 2.45) is 0 Å². The minimum Gasteiger partial charge on any atom is -0.488 e. The van der Waals surface area contributed by atoms with Crippen molar-refractivity contribution in [1.29, 1.82) is 0 Å². The summed E-state index contributed by atoms with van der Waals surface area (Å²) in [6.45, 7) is 6.46. The number of nitrogens with zero attached hydrogens (tertiary/aromatic N) is 1. The number of fused-ring (bicyclic) bond motifs is 1. The number of thiophene rings is 1. The summed E-state index contributed by atoms with van der Waals surface area (Å²) in [5, 5.41) is 1.04. The fourth-order valence-electron chi connectivity index (χ4n) is 2.86. The van der Waals surface area contributed by atoms with Gasteiger partial charge in [0.15, 0.2) is 5.75 Å². The minimum atomic E-state index is -4.49. The summed E-state index contributed by atoms with van der Waals surface area (Å²) in [4.78, 5) is 15.8. The molecule has 3 aromatic rings. The summed E-state index contributed by atoms with van der Waals surface area (Å²) in [7, 11) is 0. The van der Waals surface area contributed by atoms with Crippen molar-refractivity contribution in [3.8, 4) is 11.5 Å². The van der Waals surface area contributed by atoms with Crippen LogP contribution in [-0.4, -0.2) is 11.0 Å². The highest BCUT2D eigenvalue weighted by atomic mass is 35.5. The molecule has 2 heterocycles. The lowest BCUT2D eigenvalue weighted by Crippen LogP contribution is -2.10. The van der Waals surface area contributed by atoms with Gasteiger partial charge < -0.3 is 9.47 Å². The topological polar surface area (TPSA) is 48.4 Å². The van der Waals surface area contributed by atoms with Crippen molar-refractivity contribution in [1.82, 2.24) is 4.98 Å². The summed E-state index contributed by atoms with van der Waals surface area (Å²) >= 11 is 7.92. The van der Waals surface area contributed by atoms with Crippen molar-refractivity contribution >= 4 is 39.0 Å². The molecule has 0 aliphatic heterocycles. The molecule has 0 saturated carbocycles. The standard InChI is InChI=1S/C20H17ClF3NO3S/c1-9-14(27-8-13-5-6-16(20(22,23)24)25-10(13)2)7-15-17(18(9)21)19(11(3)29-15)28-12(4)26/h5-7H,8H2,1-4H3. The van der Waals surface area contributed by atoms with Gasteiger partial charge in [0.2, 0.25) is 0 Å². The highest BCUT2D eigenvalue weighted by Crippen LogP contribution is 2.45.